The summed E-state index contributed by atoms with van der Waals surface area (Å²) >= 11 is 0. The molecule has 47 heavy (non-hydrogen) atoms. The van der Waals surface area contributed by atoms with E-state index in [-0.39, 0.29) is 19.2 Å². The van der Waals surface area contributed by atoms with Gasteiger partial charge in [0.1, 0.15) is 6.10 Å². The van der Waals surface area contributed by atoms with Crippen LogP contribution in [0, 0.1) is 0 Å². The summed E-state index contributed by atoms with van der Waals surface area (Å²) in [4.78, 5) is 12.2. The molecular formula is C43H74O4. The number of carbonyl (C=O) groups excluding carboxylic acids is 1. The van der Waals surface area contributed by atoms with Gasteiger partial charge in [0.05, 0.1) is 13.2 Å². The standard InChI is InChI=1S/C43H74O4/c1-3-5-7-9-11-13-15-17-19-20-21-22-23-25-27-29-31-33-35-37-39-46-41-42(40-44)47-43(45)38-36-34-32-30-28-26-24-18-16-14-12-10-8-6-4-2/h5,7,11,13,17,19,21-22,25,27,31,33,42,44H,3-4,6,8-10,12,14-16,18,20,23-24,26,28-30,32,34-41H2,1-2H3/b7-5-,13-11-,19-17-,22-21-,27-25-,33-31-. The largest absolute Gasteiger partial charge is 0.457 e. The Morgan fingerprint density at radius 1 is 0.532 bits per heavy atom. The molecule has 0 rings (SSSR count). The molecule has 0 saturated heterocycles. The Balaban J connectivity index is 3.58. The van der Waals surface area contributed by atoms with Crippen LogP contribution in [0.1, 0.15) is 168 Å². The molecule has 0 spiro atoms. The Kier molecular flexibility index (Phi) is 38.2. The van der Waals surface area contributed by atoms with Gasteiger partial charge < -0.3 is 14.6 Å². The van der Waals surface area contributed by atoms with Gasteiger partial charge in [0.2, 0.25) is 0 Å². The minimum absolute atomic E-state index is 0.197. The van der Waals surface area contributed by atoms with Gasteiger partial charge in [-0.25, -0.2) is 0 Å². The molecule has 4 nitrogen and oxygen atoms in total. The van der Waals surface area contributed by atoms with E-state index in [2.05, 4.69) is 86.8 Å². The molecule has 0 aliphatic carbocycles. The molecule has 0 aromatic heterocycles. The van der Waals surface area contributed by atoms with Gasteiger partial charge in [0, 0.05) is 13.0 Å². The van der Waals surface area contributed by atoms with Crippen molar-refractivity contribution < 1.29 is 19.4 Å². The van der Waals surface area contributed by atoms with Crippen molar-refractivity contribution in [3.8, 4) is 0 Å². The normalized spacial score (nSPS) is 13.2. The molecule has 0 aromatic rings. The molecule has 0 heterocycles. The van der Waals surface area contributed by atoms with Gasteiger partial charge in [-0.05, 0) is 57.8 Å². The maximum absolute atomic E-state index is 12.2. The first-order valence-corrected chi connectivity index (χ1v) is 19.5. The molecule has 0 saturated carbocycles. The van der Waals surface area contributed by atoms with E-state index in [1.165, 1.54) is 83.5 Å². The van der Waals surface area contributed by atoms with Crippen molar-refractivity contribution in [2.24, 2.45) is 0 Å². The monoisotopic (exact) mass is 655 g/mol. The highest BCUT2D eigenvalue weighted by Gasteiger charge is 2.13. The third-order valence-electron chi connectivity index (χ3n) is 8.05. The molecule has 4 heteroatoms. The van der Waals surface area contributed by atoms with Gasteiger partial charge >= 0.3 is 5.97 Å². The zero-order valence-electron chi connectivity index (χ0n) is 30.8. The summed E-state index contributed by atoms with van der Waals surface area (Å²) in [7, 11) is 0. The second kappa shape index (κ2) is 40.0. The molecule has 0 bridgehead atoms. The number of aliphatic hydroxyl groups excluding tert-OH is 1. The number of carbonyl (C=O) groups is 1. The third-order valence-corrected chi connectivity index (χ3v) is 8.05. The fourth-order valence-electron chi connectivity index (χ4n) is 5.17. The first kappa shape index (κ1) is 44.8. The van der Waals surface area contributed by atoms with E-state index >= 15 is 0 Å². The predicted octanol–water partition coefficient (Wildman–Crippen LogP) is 12.6. The summed E-state index contributed by atoms with van der Waals surface area (Å²) in [5.41, 5.74) is 0. The van der Waals surface area contributed by atoms with Crippen LogP contribution in [-0.4, -0.2) is 37.0 Å². The minimum atomic E-state index is -0.565. The molecule has 0 radical (unpaired) electrons. The summed E-state index contributed by atoms with van der Waals surface area (Å²) < 4.78 is 11.1. The summed E-state index contributed by atoms with van der Waals surface area (Å²) in [5.74, 6) is -0.222. The van der Waals surface area contributed by atoms with E-state index in [4.69, 9.17) is 9.47 Å². The highest BCUT2D eigenvalue weighted by atomic mass is 16.6. The molecule has 1 unspecified atom stereocenters. The van der Waals surface area contributed by atoms with E-state index in [9.17, 15) is 9.90 Å². The van der Waals surface area contributed by atoms with Crippen molar-refractivity contribution in [2.75, 3.05) is 19.8 Å². The van der Waals surface area contributed by atoms with E-state index in [1.54, 1.807) is 0 Å². The fraction of sp³-hybridized carbons (Fsp3) is 0.698. The maximum Gasteiger partial charge on any atom is 0.306 e. The third kappa shape index (κ3) is 38.2. The van der Waals surface area contributed by atoms with Crippen LogP contribution in [0.3, 0.4) is 0 Å². The van der Waals surface area contributed by atoms with Gasteiger partial charge in [-0.15, -0.1) is 0 Å². The number of esters is 1. The second-order valence-electron chi connectivity index (χ2n) is 12.6. The van der Waals surface area contributed by atoms with Crippen LogP contribution in [-0.2, 0) is 14.3 Å². The molecule has 270 valence electrons. The Labute approximate surface area is 291 Å². The highest BCUT2D eigenvalue weighted by molar-refractivity contribution is 5.69. The lowest BCUT2D eigenvalue weighted by Gasteiger charge is -2.15. The van der Waals surface area contributed by atoms with Crippen LogP contribution < -0.4 is 0 Å². The fourth-order valence-corrected chi connectivity index (χ4v) is 5.17. The zero-order chi connectivity index (χ0) is 34.1. The lowest BCUT2D eigenvalue weighted by molar-refractivity contribution is -0.154. The molecule has 1 atom stereocenters. The SMILES string of the molecule is CC/C=C\C/C=C\C/C=C\C/C=C\C/C=C\C/C=C\CCCOCC(CO)OC(=O)CCCCCCCCCCCCCCCCC. The van der Waals surface area contributed by atoms with Gasteiger partial charge in [-0.1, -0.05) is 177 Å². The van der Waals surface area contributed by atoms with Crippen LogP contribution in [0.5, 0.6) is 0 Å². The predicted molar refractivity (Wildman–Crippen MR) is 205 cm³/mol. The maximum atomic E-state index is 12.2. The smallest absolute Gasteiger partial charge is 0.306 e. The average Bonchev–Trinajstić information content (AvgIpc) is 3.08. The quantitative estimate of drug-likeness (QED) is 0.0420. The van der Waals surface area contributed by atoms with Crippen molar-refractivity contribution in [2.45, 2.75) is 174 Å². The van der Waals surface area contributed by atoms with Crippen molar-refractivity contribution >= 4 is 5.97 Å². The Bertz CT molecular complexity index is 820. The lowest BCUT2D eigenvalue weighted by atomic mass is 10.0. The number of unbranched alkanes of at least 4 members (excludes halogenated alkanes) is 15. The van der Waals surface area contributed by atoms with Gasteiger partial charge in [-0.3, -0.25) is 4.79 Å². The van der Waals surface area contributed by atoms with Crippen molar-refractivity contribution in [1.82, 2.24) is 0 Å². The Hall–Kier alpha value is -2.17. The molecule has 0 fully saturated rings. The van der Waals surface area contributed by atoms with Crippen LogP contribution in [0.4, 0.5) is 0 Å². The van der Waals surface area contributed by atoms with Gasteiger partial charge in [0.25, 0.3) is 0 Å². The number of hydrogen-bond acceptors (Lipinski definition) is 4. The topological polar surface area (TPSA) is 55.8 Å². The minimum Gasteiger partial charge on any atom is -0.457 e. The summed E-state index contributed by atoms with van der Waals surface area (Å²) in [6.07, 6.45) is 53.8. The number of hydrogen-bond donors (Lipinski definition) is 1. The number of ether oxygens (including phenoxy) is 2. The number of allylic oxidation sites excluding steroid dienone is 12. The highest BCUT2D eigenvalue weighted by Crippen LogP contribution is 2.14. The van der Waals surface area contributed by atoms with E-state index in [1.807, 2.05) is 0 Å². The Morgan fingerprint density at radius 3 is 1.36 bits per heavy atom. The number of rotatable bonds is 35. The summed E-state index contributed by atoms with van der Waals surface area (Å²) in [6, 6.07) is 0. The molecule has 0 aromatic carbocycles. The van der Waals surface area contributed by atoms with E-state index in [0.29, 0.717) is 13.0 Å². The summed E-state index contributed by atoms with van der Waals surface area (Å²) in [6.45, 7) is 5.09. The molecule has 1 N–H and O–H groups in total. The van der Waals surface area contributed by atoms with Gasteiger partial charge in [0.15, 0.2) is 0 Å². The zero-order valence-corrected chi connectivity index (χ0v) is 30.8. The Morgan fingerprint density at radius 2 is 0.936 bits per heavy atom. The number of aliphatic hydroxyl groups is 1. The van der Waals surface area contributed by atoms with Crippen molar-refractivity contribution in [3.63, 3.8) is 0 Å². The molecule has 0 aliphatic rings. The van der Waals surface area contributed by atoms with Gasteiger partial charge in [-0.2, -0.15) is 0 Å². The first-order chi connectivity index (χ1) is 23.2. The first-order valence-electron chi connectivity index (χ1n) is 19.5. The van der Waals surface area contributed by atoms with E-state index in [0.717, 1.165) is 64.2 Å². The summed E-state index contributed by atoms with van der Waals surface area (Å²) in [5, 5.41) is 9.56. The van der Waals surface area contributed by atoms with Crippen molar-refractivity contribution in [1.29, 1.82) is 0 Å². The van der Waals surface area contributed by atoms with E-state index < -0.39 is 6.10 Å². The van der Waals surface area contributed by atoms with Crippen LogP contribution in [0.15, 0.2) is 72.9 Å². The average molecular weight is 655 g/mol. The lowest BCUT2D eigenvalue weighted by Crippen LogP contribution is -2.27. The molecule has 0 amide bonds. The second-order valence-corrected chi connectivity index (χ2v) is 12.6. The van der Waals surface area contributed by atoms with Crippen LogP contribution >= 0.6 is 0 Å². The molecular weight excluding hydrogens is 580 g/mol. The van der Waals surface area contributed by atoms with Crippen molar-refractivity contribution in [3.05, 3.63) is 72.9 Å². The van der Waals surface area contributed by atoms with Crippen LogP contribution in [0.25, 0.3) is 0 Å². The van der Waals surface area contributed by atoms with Crippen LogP contribution in [0.2, 0.25) is 0 Å². The molecule has 0 aliphatic heterocycles.